The molecule has 14 heavy (non-hydrogen) atoms. The third-order valence-corrected chi connectivity index (χ3v) is 1.59. The van der Waals surface area contributed by atoms with Gasteiger partial charge in [-0.1, -0.05) is 5.92 Å². The van der Waals surface area contributed by atoms with E-state index in [2.05, 4.69) is 5.92 Å². The molecule has 0 amide bonds. The molecule has 0 aromatic heterocycles. The summed E-state index contributed by atoms with van der Waals surface area (Å²) in [5, 5.41) is 9.99. The van der Waals surface area contributed by atoms with Crippen molar-refractivity contribution in [3.63, 3.8) is 0 Å². The molecule has 0 fully saturated rings. The van der Waals surface area contributed by atoms with Crippen LogP contribution in [0.1, 0.15) is 0 Å². The number of nitrogens with two attached hydrogens (primary N) is 1. The maximum Gasteiger partial charge on any atom is 0.244 e. The predicted molar refractivity (Wildman–Crippen MR) is 48.5 cm³/mol. The van der Waals surface area contributed by atoms with Gasteiger partial charge in [0.25, 0.3) is 0 Å². The van der Waals surface area contributed by atoms with Gasteiger partial charge in [-0.25, -0.2) is 5.84 Å². The topological polar surface area (TPSA) is 83.6 Å². The summed E-state index contributed by atoms with van der Waals surface area (Å²) in [6.45, 7) is -0.0157. The lowest BCUT2D eigenvalue weighted by atomic mass is 10.1. The Bertz CT molecular complexity index is 387. The van der Waals surface area contributed by atoms with Crippen molar-refractivity contribution >= 4 is 11.6 Å². The third-order valence-electron chi connectivity index (χ3n) is 1.59. The molecule has 0 heterocycles. The maximum atomic E-state index is 11.3. The van der Waals surface area contributed by atoms with Crippen molar-refractivity contribution in [3.05, 3.63) is 23.6 Å². The number of Topliss-reactive ketones (excluding diaryl/α,β-unsaturated/α-hetero) is 1. The van der Waals surface area contributed by atoms with Gasteiger partial charge >= 0.3 is 0 Å². The fraction of sp³-hybridized carbons (Fsp3) is 0.111. The number of hydrogen-bond donors (Lipinski definition) is 2. The van der Waals surface area contributed by atoms with Crippen LogP contribution >= 0.6 is 0 Å². The third kappa shape index (κ3) is 1.81. The second kappa shape index (κ2) is 3.77. The first-order chi connectivity index (χ1) is 6.56. The summed E-state index contributed by atoms with van der Waals surface area (Å²) in [6.07, 6.45) is 6.83. The first-order valence-corrected chi connectivity index (χ1v) is 3.73. The summed E-state index contributed by atoms with van der Waals surface area (Å²) < 4.78 is 0. The highest BCUT2D eigenvalue weighted by Crippen LogP contribution is 2.11. The second-order valence-corrected chi connectivity index (χ2v) is 2.62. The monoisotopic (exact) mass is 192 g/mol. The molecule has 0 spiro atoms. The molecule has 0 saturated carbocycles. The molecule has 1 aliphatic rings. The first kappa shape index (κ1) is 10.0. The fourth-order valence-corrected chi connectivity index (χ4v) is 0.970. The highest BCUT2D eigenvalue weighted by molar-refractivity contribution is 6.18. The number of ketones is 2. The average molecular weight is 192 g/mol. The van der Waals surface area contributed by atoms with Crippen LogP contribution in [0.4, 0.5) is 0 Å². The van der Waals surface area contributed by atoms with Crippen LogP contribution in [-0.4, -0.2) is 28.2 Å². The zero-order valence-corrected chi connectivity index (χ0v) is 7.23. The van der Waals surface area contributed by atoms with Gasteiger partial charge in [0.05, 0.1) is 6.54 Å². The number of carbonyl (C=O) groups excluding carboxylic acids is 2. The van der Waals surface area contributed by atoms with Gasteiger partial charge in [0.2, 0.25) is 5.78 Å². The molecular formula is C9H8N2O3. The number of hydrogen-bond acceptors (Lipinski definition) is 5. The SMILES string of the molecule is C#CCN(N)C1=CC(=O)C=C(O)C1=O. The van der Waals surface area contributed by atoms with Gasteiger partial charge < -0.3 is 5.11 Å². The Morgan fingerprint density at radius 3 is 2.71 bits per heavy atom. The lowest BCUT2D eigenvalue weighted by molar-refractivity contribution is -0.118. The zero-order chi connectivity index (χ0) is 10.7. The highest BCUT2D eigenvalue weighted by atomic mass is 16.3. The van der Waals surface area contributed by atoms with Crippen LogP contribution in [0.25, 0.3) is 0 Å². The lowest BCUT2D eigenvalue weighted by Crippen LogP contribution is -2.36. The highest BCUT2D eigenvalue weighted by Gasteiger charge is 2.23. The number of carbonyl (C=O) groups is 2. The Morgan fingerprint density at radius 1 is 1.50 bits per heavy atom. The quantitative estimate of drug-likeness (QED) is 0.261. The van der Waals surface area contributed by atoms with Crippen molar-refractivity contribution in [1.82, 2.24) is 5.01 Å². The van der Waals surface area contributed by atoms with E-state index in [1.807, 2.05) is 0 Å². The van der Waals surface area contributed by atoms with Crippen molar-refractivity contribution in [2.24, 2.45) is 5.84 Å². The van der Waals surface area contributed by atoms with Gasteiger partial charge in [-0.2, -0.15) is 0 Å². The van der Waals surface area contributed by atoms with Crippen molar-refractivity contribution in [2.45, 2.75) is 0 Å². The molecule has 5 nitrogen and oxygen atoms in total. The van der Waals surface area contributed by atoms with E-state index in [1.165, 1.54) is 0 Å². The van der Waals surface area contributed by atoms with E-state index in [9.17, 15) is 9.59 Å². The van der Waals surface area contributed by atoms with Crippen molar-refractivity contribution < 1.29 is 14.7 Å². The average Bonchev–Trinajstić information content (AvgIpc) is 2.11. The Hall–Kier alpha value is -2.06. The van der Waals surface area contributed by atoms with Crippen molar-refractivity contribution in [3.8, 4) is 12.3 Å². The second-order valence-electron chi connectivity index (χ2n) is 2.62. The Kier molecular flexibility index (Phi) is 2.70. The molecule has 1 aliphatic carbocycles. The number of aliphatic hydroxyl groups is 1. The van der Waals surface area contributed by atoms with Gasteiger partial charge in [-0.3, -0.25) is 14.6 Å². The maximum absolute atomic E-state index is 11.3. The lowest BCUT2D eigenvalue weighted by Gasteiger charge is -2.19. The van der Waals surface area contributed by atoms with E-state index >= 15 is 0 Å². The number of nitrogens with zero attached hydrogens (tertiary/aromatic N) is 1. The molecule has 3 N–H and O–H groups in total. The molecule has 0 bridgehead atoms. The molecule has 0 radical (unpaired) electrons. The van der Waals surface area contributed by atoms with E-state index < -0.39 is 17.3 Å². The van der Waals surface area contributed by atoms with Gasteiger partial charge in [-0.15, -0.1) is 6.42 Å². The Labute approximate surface area is 80.5 Å². The van der Waals surface area contributed by atoms with Gasteiger partial charge in [0, 0.05) is 12.2 Å². The molecule has 0 aromatic carbocycles. The Morgan fingerprint density at radius 2 is 2.14 bits per heavy atom. The van der Waals surface area contributed by atoms with Crippen LogP contribution in [-0.2, 0) is 9.59 Å². The molecule has 0 atom stereocenters. The van der Waals surface area contributed by atoms with Gasteiger partial charge in [0.1, 0.15) is 5.70 Å². The molecule has 0 saturated heterocycles. The van der Waals surface area contributed by atoms with Crippen LogP contribution in [0.3, 0.4) is 0 Å². The number of rotatable bonds is 2. The molecule has 0 aromatic rings. The van der Waals surface area contributed by atoms with Crippen LogP contribution in [0.5, 0.6) is 0 Å². The smallest absolute Gasteiger partial charge is 0.244 e. The normalized spacial score (nSPS) is 15.7. The standard InChI is InChI=1S/C9H8N2O3/c1-2-3-11(10)7-4-6(12)5-8(13)9(7)14/h1,4-5,13H,3,10H2. The van der Waals surface area contributed by atoms with Crippen molar-refractivity contribution in [2.75, 3.05) is 6.54 Å². The molecule has 1 rings (SSSR count). The molecule has 5 heteroatoms. The summed E-state index contributed by atoms with van der Waals surface area (Å²) in [7, 11) is 0. The molecule has 72 valence electrons. The van der Waals surface area contributed by atoms with E-state index in [0.717, 1.165) is 17.2 Å². The minimum atomic E-state index is -0.706. The number of allylic oxidation sites excluding steroid dienone is 2. The minimum Gasteiger partial charge on any atom is -0.504 e. The summed E-state index contributed by atoms with van der Waals surface area (Å²) in [6, 6.07) is 0. The summed E-state index contributed by atoms with van der Waals surface area (Å²) in [5.74, 6) is 5.77. The summed E-state index contributed by atoms with van der Waals surface area (Å²) >= 11 is 0. The first-order valence-electron chi connectivity index (χ1n) is 3.73. The van der Waals surface area contributed by atoms with Gasteiger partial charge in [-0.05, 0) is 0 Å². The van der Waals surface area contributed by atoms with Gasteiger partial charge in [0.15, 0.2) is 11.5 Å². The fourth-order valence-electron chi connectivity index (χ4n) is 0.970. The van der Waals surface area contributed by atoms with E-state index in [-0.39, 0.29) is 12.2 Å². The summed E-state index contributed by atoms with van der Waals surface area (Å²) in [5.41, 5.74) is -0.104. The minimum absolute atomic E-state index is 0.0157. The molecule has 0 aliphatic heterocycles. The zero-order valence-electron chi connectivity index (χ0n) is 7.23. The van der Waals surface area contributed by atoms with Crippen LogP contribution < -0.4 is 5.84 Å². The summed E-state index contributed by atoms with van der Waals surface area (Å²) in [4.78, 5) is 22.2. The van der Waals surface area contributed by atoms with Crippen LogP contribution in [0.15, 0.2) is 23.6 Å². The van der Waals surface area contributed by atoms with E-state index in [0.29, 0.717) is 0 Å². The van der Waals surface area contributed by atoms with E-state index in [1.54, 1.807) is 0 Å². The molecular weight excluding hydrogens is 184 g/mol. The largest absolute Gasteiger partial charge is 0.504 e. The van der Waals surface area contributed by atoms with Crippen LogP contribution in [0, 0.1) is 12.3 Å². The van der Waals surface area contributed by atoms with Crippen LogP contribution in [0.2, 0.25) is 0 Å². The number of hydrazine groups is 1. The van der Waals surface area contributed by atoms with E-state index in [4.69, 9.17) is 17.4 Å². The van der Waals surface area contributed by atoms with Crippen molar-refractivity contribution in [1.29, 1.82) is 0 Å². The predicted octanol–water partition coefficient (Wildman–Crippen LogP) is -0.727. The number of aliphatic hydroxyl groups excluding tert-OH is 1. The molecule has 0 unspecified atom stereocenters. The number of terminal acetylenes is 1. The Balaban J connectivity index is 2.95.